The molecule has 1 saturated heterocycles. The van der Waals surface area contributed by atoms with Gasteiger partial charge in [-0.2, -0.15) is 0 Å². The van der Waals surface area contributed by atoms with Crippen LogP contribution >= 0.6 is 0 Å². The van der Waals surface area contributed by atoms with Crippen molar-refractivity contribution in [2.75, 3.05) is 27.3 Å². The molecule has 0 radical (unpaired) electrons. The van der Waals surface area contributed by atoms with Gasteiger partial charge in [0.25, 0.3) is 0 Å². The number of likely N-dealkylation sites (tertiary alicyclic amines) is 1. The van der Waals surface area contributed by atoms with Gasteiger partial charge in [-0.05, 0) is 0 Å². The Labute approximate surface area is 93.4 Å². The van der Waals surface area contributed by atoms with Crippen LogP contribution in [0.5, 0.6) is 0 Å². The highest BCUT2D eigenvalue weighted by molar-refractivity contribution is 5.94. The molecule has 0 aromatic rings. The zero-order chi connectivity index (χ0) is 12.1. The molecule has 16 heavy (non-hydrogen) atoms. The van der Waals surface area contributed by atoms with Crippen molar-refractivity contribution < 1.29 is 24.2 Å². The number of hydrogen-bond donors (Lipinski definition) is 1. The Kier molecular flexibility index (Phi) is 4.45. The Bertz CT molecular complexity index is 290. The third-order valence-corrected chi connectivity index (χ3v) is 2.50. The summed E-state index contributed by atoms with van der Waals surface area (Å²) in [5.74, 6) is -1.48. The van der Waals surface area contributed by atoms with Gasteiger partial charge < -0.3 is 19.5 Å². The molecule has 0 aromatic heterocycles. The van der Waals surface area contributed by atoms with Crippen LogP contribution in [0.25, 0.3) is 0 Å². The van der Waals surface area contributed by atoms with E-state index in [0.29, 0.717) is 13.1 Å². The van der Waals surface area contributed by atoms with E-state index in [0.717, 1.165) is 12.2 Å². The molecule has 1 amide bonds. The number of ether oxygens (including phenoxy) is 2. The van der Waals surface area contributed by atoms with Crippen LogP contribution in [0, 0.1) is 0 Å². The molecule has 0 aliphatic carbocycles. The number of carbonyl (C=O) groups excluding carboxylic acids is 1. The Hall–Kier alpha value is -1.40. The number of carboxylic acid groups (broad SMARTS) is 1. The fourth-order valence-corrected chi connectivity index (χ4v) is 1.62. The minimum absolute atomic E-state index is 0.160. The molecule has 2 atom stereocenters. The van der Waals surface area contributed by atoms with Gasteiger partial charge >= 0.3 is 5.97 Å². The van der Waals surface area contributed by atoms with Crippen LogP contribution in [0.1, 0.15) is 0 Å². The van der Waals surface area contributed by atoms with E-state index in [1.807, 2.05) is 0 Å². The second-order valence-electron chi connectivity index (χ2n) is 3.46. The van der Waals surface area contributed by atoms with Gasteiger partial charge in [-0.3, -0.25) is 4.79 Å². The molecule has 6 nitrogen and oxygen atoms in total. The second-order valence-corrected chi connectivity index (χ2v) is 3.46. The predicted octanol–water partition coefficient (Wildman–Crippen LogP) is -0.501. The summed E-state index contributed by atoms with van der Waals surface area (Å²) in [6.45, 7) is 0.829. The first-order chi connectivity index (χ1) is 7.58. The first-order valence-electron chi connectivity index (χ1n) is 4.84. The standard InChI is InChI=1S/C10H15NO5/c1-15-7-5-11(6-8(7)16-2)9(12)3-4-10(13)14/h3-4,7-8H,5-6H2,1-2H3,(H,13,14)/b4-3+/t7-,8-/m1/s1. The molecule has 1 rings (SSSR count). The molecule has 1 fully saturated rings. The van der Waals surface area contributed by atoms with E-state index < -0.39 is 5.97 Å². The fourth-order valence-electron chi connectivity index (χ4n) is 1.62. The van der Waals surface area contributed by atoms with Crippen LogP contribution in [-0.4, -0.2) is 61.4 Å². The van der Waals surface area contributed by atoms with Crippen molar-refractivity contribution in [3.63, 3.8) is 0 Å². The van der Waals surface area contributed by atoms with Crippen molar-refractivity contribution in [2.45, 2.75) is 12.2 Å². The van der Waals surface area contributed by atoms with E-state index in [9.17, 15) is 9.59 Å². The Morgan fingerprint density at radius 1 is 1.19 bits per heavy atom. The predicted molar refractivity (Wildman–Crippen MR) is 54.9 cm³/mol. The first kappa shape index (κ1) is 12.7. The molecule has 0 spiro atoms. The summed E-state index contributed by atoms with van der Waals surface area (Å²) in [6.07, 6.45) is 1.54. The summed E-state index contributed by atoms with van der Waals surface area (Å²) in [6, 6.07) is 0. The van der Waals surface area contributed by atoms with E-state index >= 15 is 0 Å². The lowest BCUT2D eigenvalue weighted by atomic mass is 10.3. The lowest BCUT2D eigenvalue weighted by Crippen LogP contribution is -2.28. The highest BCUT2D eigenvalue weighted by Crippen LogP contribution is 2.15. The molecule has 6 heteroatoms. The number of nitrogens with zero attached hydrogens (tertiary/aromatic N) is 1. The molecule has 0 unspecified atom stereocenters. The number of carboxylic acids is 1. The van der Waals surface area contributed by atoms with E-state index in [-0.39, 0.29) is 18.1 Å². The zero-order valence-electron chi connectivity index (χ0n) is 9.25. The smallest absolute Gasteiger partial charge is 0.328 e. The van der Waals surface area contributed by atoms with Gasteiger partial charge in [0.05, 0.1) is 0 Å². The van der Waals surface area contributed by atoms with Crippen LogP contribution < -0.4 is 0 Å². The molecular weight excluding hydrogens is 214 g/mol. The van der Waals surface area contributed by atoms with E-state index in [4.69, 9.17) is 14.6 Å². The van der Waals surface area contributed by atoms with Crippen molar-refractivity contribution in [1.82, 2.24) is 4.90 Å². The zero-order valence-corrected chi connectivity index (χ0v) is 9.25. The van der Waals surface area contributed by atoms with Gasteiger partial charge in [0.2, 0.25) is 5.91 Å². The monoisotopic (exact) mass is 229 g/mol. The van der Waals surface area contributed by atoms with Crippen LogP contribution in [0.2, 0.25) is 0 Å². The molecule has 1 aliphatic rings. The molecule has 0 aromatic carbocycles. The average molecular weight is 229 g/mol. The number of carbonyl (C=O) groups is 2. The van der Waals surface area contributed by atoms with Crippen molar-refractivity contribution >= 4 is 11.9 Å². The SMILES string of the molecule is CO[C@@H]1CN(C(=O)/C=C/C(=O)O)C[C@H]1OC. The largest absolute Gasteiger partial charge is 0.478 e. The molecular formula is C10H15NO5. The Balaban J connectivity index is 2.57. The minimum Gasteiger partial charge on any atom is -0.478 e. The molecule has 0 saturated carbocycles. The van der Waals surface area contributed by atoms with E-state index in [2.05, 4.69) is 0 Å². The van der Waals surface area contributed by atoms with Crippen molar-refractivity contribution in [1.29, 1.82) is 0 Å². The third-order valence-electron chi connectivity index (χ3n) is 2.50. The van der Waals surface area contributed by atoms with Gasteiger partial charge in [-0.25, -0.2) is 4.79 Å². The number of aliphatic carboxylic acids is 1. The normalized spacial score (nSPS) is 25.2. The van der Waals surface area contributed by atoms with E-state index in [1.165, 1.54) is 4.90 Å². The number of methoxy groups -OCH3 is 2. The van der Waals surface area contributed by atoms with Crippen molar-refractivity contribution in [3.8, 4) is 0 Å². The van der Waals surface area contributed by atoms with Crippen molar-refractivity contribution in [3.05, 3.63) is 12.2 Å². The highest BCUT2D eigenvalue weighted by Gasteiger charge is 2.34. The molecule has 1 aliphatic heterocycles. The maximum absolute atomic E-state index is 11.5. The third kappa shape index (κ3) is 3.04. The van der Waals surface area contributed by atoms with Gasteiger partial charge in [0.15, 0.2) is 0 Å². The summed E-state index contributed by atoms with van der Waals surface area (Å²) in [5, 5.41) is 8.39. The highest BCUT2D eigenvalue weighted by atomic mass is 16.5. The molecule has 90 valence electrons. The van der Waals surface area contributed by atoms with Crippen LogP contribution in [-0.2, 0) is 19.1 Å². The van der Waals surface area contributed by atoms with Gasteiger partial charge in [0.1, 0.15) is 12.2 Å². The van der Waals surface area contributed by atoms with Gasteiger partial charge in [0, 0.05) is 39.5 Å². The van der Waals surface area contributed by atoms with Crippen LogP contribution in [0.3, 0.4) is 0 Å². The minimum atomic E-state index is -1.14. The number of hydrogen-bond acceptors (Lipinski definition) is 4. The fraction of sp³-hybridized carbons (Fsp3) is 0.600. The number of rotatable bonds is 4. The van der Waals surface area contributed by atoms with Crippen molar-refractivity contribution in [2.24, 2.45) is 0 Å². The summed E-state index contributed by atoms with van der Waals surface area (Å²) in [4.78, 5) is 23.3. The maximum Gasteiger partial charge on any atom is 0.328 e. The summed E-state index contributed by atoms with van der Waals surface area (Å²) in [7, 11) is 3.11. The quantitative estimate of drug-likeness (QED) is 0.658. The second kappa shape index (κ2) is 5.62. The molecule has 0 bridgehead atoms. The average Bonchev–Trinajstić information content (AvgIpc) is 2.68. The van der Waals surface area contributed by atoms with Gasteiger partial charge in [-0.1, -0.05) is 0 Å². The summed E-state index contributed by atoms with van der Waals surface area (Å²) >= 11 is 0. The molecule has 1 heterocycles. The number of amides is 1. The summed E-state index contributed by atoms with van der Waals surface area (Å²) in [5.41, 5.74) is 0. The maximum atomic E-state index is 11.5. The van der Waals surface area contributed by atoms with Gasteiger partial charge in [-0.15, -0.1) is 0 Å². The lowest BCUT2D eigenvalue weighted by molar-refractivity contribution is -0.132. The van der Waals surface area contributed by atoms with E-state index in [1.54, 1.807) is 14.2 Å². The van der Waals surface area contributed by atoms with Crippen LogP contribution in [0.15, 0.2) is 12.2 Å². The molecule has 1 N–H and O–H groups in total. The Morgan fingerprint density at radius 3 is 2.06 bits per heavy atom. The topological polar surface area (TPSA) is 76.1 Å². The first-order valence-corrected chi connectivity index (χ1v) is 4.84. The Morgan fingerprint density at radius 2 is 1.69 bits per heavy atom. The van der Waals surface area contributed by atoms with Crippen LogP contribution in [0.4, 0.5) is 0 Å². The summed E-state index contributed by atoms with van der Waals surface area (Å²) < 4.78 is 10.3. The lowest BCUT2D eigenvalue weighted by Gasteiger charge is -2.13.